The van der Waals surface area contributed by atoms with Crippen molar-refractivity contribution in [3.8, 4) is 0 Å². The number of nitrogens with two attached hydrogens (primary N) is 1. The summed E-state index contributed by atoms with van der Waals surface area (Å²) >= 11 is 0. The highest BCUT2D eigenvalue weighted by atomic mass is 16.6. The van der Waals surface area contributed by atoms with Crippen LogP contribution < -0.4 is 11.1 Å². The molecule has 1 heterocycles. The van der Waals surface area contributed by atoms with Crippen molar-refractivity contribution in [3.63, 3.8) is 0 Å². The highest BCUT2D eigenvalue weighted by molar-refractivity contribution is 5.95. The number of hydrogen-bond donors (Lipinski definition) is 2. The first-order valence-corrected chi connectivity index (χ1v) is 7.50. The average Bonchev–Trinajstić information content (AvgIpc) is 2.74. The second-order valence-corrected chi connectivity index (χ2v) is 6.58. The minimum Gasteiger partial charge on any atom is -0.444 e. The minimum absolute atomic E-state index is 0.343. The van der Waals surface area contributed by atoms with Gasteiger partial charge in [0.25, 0.3) is 0 Å². The normalized spacial score (nSPS) is 12.9. The molecule has 6 nitrogen and oxygen atoms in total. The molecule has 2 aromatic rings. The van der Waals surface area contributed by atoms with E-state index in [4.69, 9.17) is 10.5 Å². The standard InChI is InChI=1S/C17H23N3O3/c1-17(2,3)23-16(22)19-15(21)13(18)9-11-10-20(4)14-8-6-5-7-12(11)14/h5-8,10,13H,9,18H2,1-4H3,(H,19,21,22)/t13-/m0/s1. The lowest BCUT2D eigenvalue weighted by molar-refractivity contribution is -0.121. The van der Waals surface area contributed by atoms with Gasteiger partial charge in [-0.1, -0.05) is 18.2 Å². The Balaban J connectivity index is 2.04. The molecule has 1 aromatic heterocycles. The summed E-state index contributed by atoms with van der Waals surface area (Å²) in [5, 5.41) is 3.23. The predicted molar refractivity (Wildman–Crippen MR) is 89.0 cm³/mol. The zero-order valence-corrected chi connectivity index (χ0v) is 13.9. The molecule has 23 heavy (non-hydrogen) atoms. The summed E-state index contributed by atoms with van der Waals surface area (Å²) in [5.41, 5.74) is 7.31. The van der Waals surface area contributed by atoms with E-state index in [0.717, 1.165) is 16.5 Å². The fourth-order valence-corrected chi connectivity index (χ4v) is 2.41. The fourth-order valence-electron chi connectivity index (χ4n) is 2.41. The quantitative estimate of drug-likeness (QED) is 0.907. The zero-order chi connectivity index (χ0) is 17.2. The zero-order valence-electron chi connectivity index (χ0n) is 13.9. The van der Waals surface area contributed by atoms with Gasteiger partial charge in [0.15, 0.2) is 0 Å². The number of carbonyl (C=O) groups excluding carboxylic acids is 2. The van der Waals surface area contributed by atoms with Crippen LogP contribution in [0.2, 0.25) is 0 Å². The van der Waals surface area contributed by atoms with E-state index in [9.17, 15) is 9.59 Å². The molecule has 6 heteroatoms. The van der Waals surface area contributed by atoms with E-state index < -0.39 is 23.6 Å². The lowest BCUT2D eigenvalue weighted by Gasteiger charge is -2.20. The first kappa shape index (κ1) is 17.0. The first-order valence-electron chi connectivity index (χ1n) is 7.50. The van der Waals surface area contributed by atoms with Crippen molar-refractivity contribution < 1.29 is 14.3 Å². The van der Waals surface area contributed by atoms with Gasteiger partial charge in [0.05, 0.1) is 6.04 Å². The third-order valence-corrected chi connectivity index (χ3v) is 3.38. The number of fused-ring (bicyclic) bond motifs is 1. The van der Waals surface area contributed by atoms with Crippen molar-refractivity contribution in [2.75, 3.05) is 0 Å². The third kappa shape index (κ3) is 4.32. The van der Waals surface area contributed by atoms with Crippen molar-refractivity contribution in [1.29, 1.82) is 0 Å². The molecule has 0 radical (unpaired) electrons. The Hall–Kier alpha value is -2.34. The van der Waals surface area contributed by atoms with Crippen molar-refractivity contribution in [1.82, 2.24) is 9.88 Å². The molecule has 0 fully saturated rings. The molecule has 0 unspecified atom stereocenters. The number of hydrogen-bond acceptors (Lipinski definition) is 4. The minimum atomic E-state index is -0.826. The summed E-state index contributed by atoms with van der Waals surface area (Å²) in [5.74, 6) is -0.549. The number of amides is 2. The second-order valence-electron chi connectivity index (χ2n) is 6.58. The number of ether oxygens (including phenoxy) is 1. The van der Waals surface area contributed by atoms with Gasteiger partial charge in [0, 0.05) is 24.1 Å². The van der Waals surface area contributed by atoms with Gasteiger partial charge in [0.2, 0.25) is 5.91 Å². The maximum Gasteiger partial charge on any atom is 0.414 e. The summed E-state index contributed by atoms with van der Waals surface area (Å²) in [7, 11) is 1.94. The number of alkyl carbamates (subject to hydrolysis) is 1. The molecule has 0 aliphatic heterocycles. The SMILES string of the molecule is Cn1cc(C[C@H](N)C(=O)NC(=O)OC(C)(C)C)c2ccccc21. The van der Waals surface area contributed by atoms with Crippen LogP contribution in [0.25, 0.3) is 10.9 Å². The van der Waals surface area contributed by atoms with Crippen LogP contribution in [0.1, 0.15) is 26.3 Å². The number of rotatable bonds is 3. The van der Waals surface area contributed by atoms with Crippen LogP contribution in [0, 0.1) is 0 Å². The molecule has 0 saturated heterocycles. The van der Waals surface area contributed by atoms with E-state index in [2.05, 4.69) is 5.32 Å². The molecule has 3 N–H and O–H groups in total. The lowest BCUT2D eigenvalue weighted by atomic mass is 10.1. The monoisotopic (exact) mass is 317 g/mol. The molecule has 0 spiro atoms. The van der Waals surface area contributed by atoms with Crippen molar-refractivity contribution in [2.45, 2.75) is 38.8 Å². The fraction of sp³-hybridized carbons (Fsp3) is 0.412. The largest absolute Gasteiger partial charge is 0.444 e. The Kier molecular flexibility index (Phi) is 4.75. The van der Waals surface area contributed by atoms with E-state index in [1.165, 1.54) is 0 Å². The molecular formula is C17H23N3O3. The number of nitrogens with one attached hydrogen (secondary N) is 1. The van der Waals surface area contributed by atoms with Gasteiger partial charge in [-0.3, -0.25) is 10.1 Å². The summed E-state index contributed by atoms with van der Waals surface area (Å²) < 4.78 is 7.04. The first-order chi connectivity index (χ1) is 10.7. The molecule has 0 bridgehead atoms. The molecule has 0 aliphatic rings. The Morgan fingerprint density at radius 1 is 1.30 bits per heavy atom. The van der Waals surface area contributed by atoms with E-state index in [1.54, 1.807) is 20.8 Å². The topological polar surface area (TPSA) is 86.4 Å². The summed E-state index contributed by atoms with van der Waals surface area (Å²) in [6, 6.07) is 7.07. The Morgan fingerprint density at radius 2 is 1.96 bits per heavy atom. The van der Waals surface area contributed by atoms with Crippen molar-refractivity contribution >= 4 is 22.9 Å². The van der Waals surface area contributed by atoms with Crippen LogP contribution >= 0.6 is 0 Å². The number of nitrogens with zero attached hydrogens (tertiary/aromatic N) is 1. The van der Waals surface area contributed by atoms with E-state index in [-0.39, 0.29) is 0 Å². The molecule has 124 valence electrons. The molecular weight excluding hydrogens is 294 g/mol. The Bertz CT molecular complexity index is 728. The molecule has 0 aliphatic carbocycles. The maximum atomic E-state index is 12.0. The van der Waals surface area contributed by atoms with Gasteiger partial charge in [0.1, 0.15) is 5.60 Å². The molecule has 1 atom stereocenters. The summed E-state index contributed by atoms with van der Waals surface area (Å²) in [6.07, 6.45) is 1.51. The van der Waals surface area contributed by atoms with Gasteiger partial charge in [-0.2, -0.15) is 0 Å². The molecule has 2 amide bonds. The van der Waals surface area contributed by atoms with Gasteiger partial charge >= 0.3 is 6.09 Å². The van der Waals surface area contributed by atoms with E-state index >= 15 is 0 Å². The number of aromatic nitrogens is 1. The van der Waals surface area contributed by atoms with E-state index in [1.807, 2.05) is 42.1 Å². The Morgan fingerprint density at radius 3 is 2.61 bits per heavy atom. The van der Waals surface area contributed by atoms with Crippen molar-refractivity contribution in [3.05, 3.63) is 36.0 Å². The lowest BCUT2D eigenvalue weighted by Crippen LogP contribution is -2.46. The van der Waals surface area contributed by atoms with Crippen LogP contribution in [0.4, 0.5) is 4.79 Å². The van der Waals surface area contributed by atoms with Gasteiger partial charge in [-0.25, -0.2) is 4.79 Å². The van der Waals surface area contributed by atoms with Crippen LogP contribution in [0.5, 0.6) is 0 Å². The number of benzene rings is 1. The predicted octanol–water partition coefficient (Wildman–Crippen LogP) is 2.10. The van der Waals surface area contributed by atoms with Crippen LogP contribution in [-0.4, -0.2) is 28.2 Å². The van der Waals surface area contributed by atoms with Gasteiger partial charge in [-0.15, -0.1) is 0 Å². The summed E-state index contributed by atoms with van der Waals surface area (Å²) in [4.78, 5) is 23.7. The summed E-state index contributed by atoms with van der Waals surface area (Å²) in [6.45, 7) is 5.19. The number of imide groups is 1. The smallest absolute Gasteiger partial charge is 0.414 e. The highest BCUT2D eigenvalue weighted by Gasteiger charge is 2.22. The molecule has 1 aromatic carbocycles. The number of carbonyl (C=O) groups is 2. The van der Waals surface area contributed by atoms with E-state index in [0.29, 0.717) is 6.42 Å². The number of aryl methyl sites for hydroxylation is 1. The average molecular weight is 317 g/mol. The maximum absolute atomic E-state index is 12.0. The molecule has 2 rings (SSSR count). The van der Waals surface area contributed by atoms with Crippen molar-refractivity contribution in [2.24, 2.45) is 12.8 Å². The second kappa shape index (κ2) is 6.42. The Labute approximate surface area is 135 Å². The third-order valence-electron chi connectivity index (χ3n) is 3.38. The van der Waals surface area contributed by atoms with Crippen LogP contribution in [0.3, 0.4) is 0 Å². The highest BCUT2D eigenvalue weighted by Crippen LogP contribution is 2.21. The molecule has 0 saturated carbocycles. The number of para-hydroxylation sites is 1. The van der Waals surface area contributed by atoms with Gasteiger partial charge in [-0.05, 0) is 38.8 Å². The van der Waals surface area contributed by atoms with Crippen LogP contribution in [0.15, 0.2) is 30.5 Å². The van der Waals surface area contributed by atoms with Gasteiger partial charge < -0.3 is 15.0 Å². The van der Waals surface area contributed by atoms with Crippen LogP contribution in [-0.2, 0) is 23.0 Å².